The molecule has 0 radical (unpaired) electrons. The van der Waals surface area contributed by atoms with Crippen molar-refractivity contribution in [3.05, 3.63) is 34.6 Å². The first kappa shape index (κ1) is 14.5. The molecule has 1 aromatic carbocycles. The monoisotopic (exact) mass is 269 g/mol. The van der Waals surface area contributed by atoms with Crippen molar-refractivity contribution < 1.29 is 13.9 Å². The molecule has 0 bridgehead atoms. The van der Waals surface area contributed by atoms with E-state index < -0.39 is 17.8 Å². The second-order valence-electron chi connectivity index (χ2n) is 3.44. The fourth-order valence-electron chi connectivity index (χ4n) is 1.42. The van der Waals surface area contributed by atoms with E-state index in [2.05, 4.69) is 11.2 Å². The first-order chi connectivity index (χ1) is 8.60. The van der Waals surface area contributed by atoms with E-state index in [4.69, 9.17) is 22.8 Å². The van der Waals surface area contributed by atoms with Gasteiger partial charge in [-0.2, -0.15) is 0 Å². The summed E-state index contributed by atoms with van der Waals surface area (Å²) in [5.74, 6) is 1.26. The van der Waals surface area contributed by atoms with Gasteiger partial charge in [-0.15, -0.1) is 6.42 Å². The van der Waals surface area contributed by atoms with Gasteiger partial charge in [-0.1, -0.05) is 23.6 Å². The predicted octanol–water partition coefficient (Wildman–Crippen LogP) is 2.31. The summed E-state index contributed by atoms with van der Waals surface area (Å²) in [6.45, 7) is 2.11. The molecule has 0 aliphatic heterocycles. The quantitative estimate of drug-likeness (QED) is 0.658. The van der Waals surface area contributed by atoms with Gasteiger partial charge >= 0.3 is 5.97 Å². The molecule has 1 unspecified atom stereocenters. The maximum absolute atomic E-state index is 13.4. The van der Waals surface area contributed by atoms with Crippen LogP contribution < -0.4 is 5.32 Å². The number of esters is 1. The Morgan fingerprint density at radius 2 is 2.39 bits per heavy atom. The molecule has 1 atom stereocenters. The fraction of sp³-hybridized carbons (Fsp3) is 0.308. The number of terminal acetylenes is 1. The molecule has 0 saturated heterocycles. The summed E-state index contributed by atoms with van der Waals surface area (Å²) in [6, 6.07) is 3.33. The number of hydrogen-bond donors (Lipinski definition) is 1. The number of nitrogens with one attached hydrogen (secondary N) is 1. The average molecular weight is 270 g/mol. The number of hydrogen-bond acceptors (Lipinski definition) is 3. The van der Waals surface area contributed by atoms with Crippen LogP contribution in [0, 0.1) is 18.2 Å². The molecule has 0 heterocycles. The van der Waals surface area contributed by atoms with Crippen molar-refractivity contribution in [3.63, 3.8) is 0 Å². The maximum Gasteiger partial charge on any atom is 0.327 e. The molecule has 0 aliphatic carbocycles. The Hall–Kier alpha value is -1.57. The van der Waals surface area contributed by atoms with Gasteiger partial charge in [0.25, 0.3) is 0 Å². The van der Waals surface area contributed by atoms with E-state index in [-0.39, 0.29) is 18.2 Å². The van der Waals surface area contributed by atoms with Crippen LogP contribution in [0.2, 0.25) is 5.02 Å². The lowest BCUT2D eigenvalue weighted by Crippen LogP contribution is -2.30. The van der Waals surface area contributed by atoms with Crippen molar-refractivity contribution >= 4 is 17.6 Å². The van der Waals surface area contributed by atoms with E-state index >= 15 is 0 Å². The van der Waals surface area contributed by atoms with Gasteiger partial charge in [0.1, 0.15) is 11.9 Å². The molecule has 0 aromatic heterocycles. The third-order valence-corrected chi connectivity index (χ3v) is 2.51. The van der Waals surface area contributed by atoms with Gasteiger partial charge in [0.15, 0.2) is 0 Å². The summed E-state index contributed by atoms with van der Waals surface area (Å²) in [5.41, 5.74) is 0.422. The van der Waals surface area contributed by atoms with E-state index in [1.807, 2.05) is 0 Å². The van der Waals surface area contributed by atoms with Gasteiger partial charge in [0.2, 0.25) is 0 Å². The Kier molecular flexibility index (Phi) is 5.63. The van der Waals surface area contributed by atoms with Gasteiger partial charge in [0, 0.05) is 0 Å². The van der Waals surface area contributed by atoms with Crippen molar-refractivity contribution in [2.45, 2.75) is 13.0 Å². The second kappa shape index (κ2) is 7.00. The van der Waals surface area contributed by atoms with Crippen molar-refractivity contribution in [2.75, 3.05) is 13.2 Å². The standard InChI is InChI=1S/C13H13ClFNO2/c1-3-7-16-12(13(17)18-4-2)9-5-6-10(14)11(15)8-9/h1,5-6,8,12,16H,4,7H2,2H3. The summed E-state index contributed by atoms with van der Waals surface area (Å²) >= 11 is 5.59. The SMILES string of the molecule is C#CCNC(C(=O)OCC)c1ccc(Cl)c(F)c1. The van der Waals surface area contributed by atoms with E-state index in [0.717, 1.165) is 0 Å². The van der Waals surface area contributed by atoms with Crippen LogP contribution in [0.4, 0.5) is 4.39 Å². The number of carbonyl (C=O) groups is 1. The van der Waals surface area contributed by atoms with Crippen molar-refractivity contribution in [1.29, 1.82) is 0 Å². The third kappa shape index (κ3) is 3.73. The van der Waals surface area contributed by atoms with Crippen molar-refractivity contribution in [3.8, 4) is 12.3 Å². The summed E-state index contributed by atoms with van der Waals surface area (Å²) in [4.78, 5) is 11.7. The zero-order chi connectivity index (χ0) is 13.5. The van der Waals surface area contributed by atoms with Crippen LogP contribution in [0.1, 0.15) is 18.5 Å². The molecular formula is C13H13ClFNO2. The Morgan fingerprint density at radius 1 is 1.67 bits per heavy atom. The molecule has 0 saturated carbocycles. The first-order valence-electron chi connectivity index (χ1n) is 5.38. The second-order valence-corrected chi connectivity index (χ2v) is 3.85. The van der Waals surface area contributed by atoms with Crippen LogP contribution in [0.15, 0.2) is 18.2 Å². The molecule has 0 amide bonds. The molecule has 0 aliphatic rings. The number of rotatable bonds is 5. The zero-order valence-electron chi connectivity index (χ0n) is 9.87. The highest BCUT2D eigenvalue weighted by atomic mass is 35.5. The highest BCUT2D eigenvalue weighted by molar-refractivity contribution is 6.30. The number of ether oxygens (including phenoxy) is 1. The minimum absolute atomic E-state index is 0.00157. The molecule has 0 spiro atoms. The number of carbonyl (C=O) groups excluding carboxylic acids is 1. The van der Waals surface area contributed by atoms with Crippen molar-refractivity contribution in [2.24, 2.45) is 0 Å². The van der Waals surface area contributed by atoms with E-state index in [9.17, 15) is 9.18 Å². The molecule has 0 fully saturated rings. The number of halogens is 2. The van der Waals surface area contributed by atoms with Crippen LogP contribution in [0.25, 0.3) is 0 Å². The summed E-state index contributed by atoms with van der Waals surface area (Å²) in [5, 5.41) is 2.79. The molecule has 1 N–H and O–H groups in total. The summed E-state index contributed by atoms with van der Waals surface area (Å²) in [7, 11) is 0. The topological polar surface area (TPSA) is 38.3 Å². The largest absolute Gasteiger partial charge is 0.465 e. The summed E-state index contributed by atoms with van der Waals surface area (Å²) in [6.07, 6.45) is 5.12. The first-order valence-corrected chi connectivity index (χ1v) is 5.76. The molecule has 3 nitrogen and oxygen atoms in total. The van der Waals surface area contributed by atoms with Gasteiger partial charge in [-0.05, 0) is 24.6 Å². The molecule has 1 rings (SSSR count). The van der Waals surface area contributed by atoms with Gasteiger partial charge in [-0.25, -0.2) is 9.18 Å². The molecule has 1 aromatic rings. The van der Waals surface area contributed by atoms with Crippen LogP contribution in [-0.2, 0) is 9.53 Å². The zero-order valence-corrected chi connectivity index (χ0v) is 10.6. The van der Waals surface area contributed by atoms with E-state index in [1.54, 1.807) is 13.0 Å². The van der Waals surface area contributed by atoms with E-state index in [1.165, 1.54) is 12.1 Å². The lowest BCUT2D eigenvalue weighted by atomic mass is 10.1. The Balaban J connectivity index is 2.97. The predicted molar refractivity (Wildman–Crippen MR) is 67.6 cm³/mol. The third-order valence-electron chi connectivity index (χ3n) is 2.21. The van der Waals surface area contributed by atoms with Crippen LogP contribution in [0.3, 0.4) is 0 Å². The maximum atomic E-state index is 13.4. The minimum atomic E-state index is -0.798. The smallest absolute Gasteiger partial charge is 0.327 e. The molecule has 5 heteroatoms. The molecule has 96 valence electrons. The normalized spacial score (nSPS) is 11.7. The summed E-state index contributed by atoms with van der Waals surface area (Å²) < 4.78 is 18.3. The Morgan fingerprint density at radius 3 is 2.94 bits per heavy atom. The highest BCUT2D eigenvalue weighted by Crippen LogP contribution is 2.21. The number of benzene rings is 1. The lowest BCUT2D eigenvalue weighted by Gasteiger charge is -2.16. The highest BCUT2D eigenvalue weighted by Gasteiger charge is 2.21. The fourth-order valence-corrected chi connectivity index (χ4v) is 1.53. The van der Waals surface area contributed by atoms with E-state index in [0.29, 0.717) is 5.56 Å². The average Bonchev–Trinajstić information content (AvgIpc) is 2.34. The Labute approximate surface area is 110 Å². The van der Waals surface area contributed by atoms with Gasteiger partial charge in [0.05, 0.1) is 18.2 Å². The molecule has 18 heavy (non-hydrogen) atoms. The van der Waals surface area contributed by atoms with Crippen LogP contribution in [-0.4, -0.2) is 19.1 Å². The minimum Gasteiger partial charge on any atom is -0.465 e. The van der Waals surface area contributed by atoms with Crippen molar-refractivity contribution in [1.82, 2.24) is 5.32 Å². The van der Waals surface area contributed by atoms with Gasteiger partial charge < -0.3 is 4.74 Å². The van der Waals surface area contributed by atoms with Crippen LogP contribution in [0.5, 0.6) is 0 Å². The van der Waals surface area contributed by atoms with Crippen LogP contribution >= 0.6 is 11.6 Å². The molecular weight excluding hydrogens is 257 g/mol. The lowest BCUT2D eigenvalue weighted by molar-refractivity contribution is -0.145. The van der Waals surface area contributed by atoms with Gasteiger partial charge in [-0.3, -0.25) is 5.32 Å². The Bertz CT molecular complexity index is 471.